The average molecular weight is 302 g/mol. The Morgan fingerprint density at radius 1 is 1.24 bits per heavy atom. The van der Waals surface area contributed by atoms with Crippen LogP contribution in [0.3, 0.4) is 0 Å². The molecule has 0 radical (unpaired) electrons. The molecule has 6 heteroatoms. The van der Waals surface area contributed by atoms with E-state index in [1.165, 1.54) is 12.1 Å². The van der Waals surface area contributed by atoms with Gasteiger partial charge in [-0.2, -0.15) is 13.2 Å². The summed E-state index contributed by atoms with van der Waals surface area (Å²) < 4.78 is 39.1. The Bertz CT molecular complexity index is 434. The highest BCUT2D eigenvalue weighted by atomic mass is 19.4. The van der Waals surface area contributed by atoms with Crippen LogP contribution < -0.4 is 10.6 Å². The maximum absolute atomic E-state index is 13.0. The van der Waals surface area contributed by atoms with E-state index in [2.05, 4.69) is 10.6 Å². The summed E-state index contributed by atoms with van der Waals surface area (Å²) >= 11 is 0. The van der Waals surface area contributed by atoms with Crippen molar-refractivity contribution >= 4 is 5.91 Å². The van der Waals surface area contributed by atoms with E-state index in [1.807, 2.05) is 13.8 Å². The Morgan fingerprint density at radius 3 is 2.38 bits per heavy atom. The zero-order valence-corrected chi connectivity index (χ0v) is 12.2. The molecule has 0 fully saturated rings. The normalized spacial score (nSPS) is 14.5. The number of alkyl halides is 3. The van der Waals surface area contributed by atoms with Crippen LogP contribution in [0.4, 0.5) is 13.2 Å². The number of hydrogen-bond donors (Lipinski definition) is 2. The van der Waals surface area contributed by atoms with Crippen LogP contribution in [-0.4, -0.2) is 24.7 Å². The number of carbonyl (C=O) groups is 1. The summed E-state index contributed by atoms with van der Waals surface area (Å²) in [7, 11) is 0. The molecular formula is C15H21F3N2O. The van der Waals surface area contributed by atoms with Gasteiger partial charge in [0.05, 0.1) is 0 Å². The Kier molecular flexibility index (Phi) is 6.68. The first-order valence-corrected chi connectivity index (χ1v) is 6.99. The highest BCUT2D eigenvalue weighted by Crippen LogP contribution is 2.32. The summed E-state index contributed by atoms with van der Waals surface area (Å²) in [5.74, 6) is -0.245. The van der Waals surface area contributed by atoms with E-state index in [0.717, 1.165) is 6.42 Å². The van der Waals surface area contributed by atoms with Gasteiger partial charge >= 0.3 is 6.18 Å². The van der Waals surface area contributed by atoms with Crippen molar-refractivity contribution in [2.45, 2.75) is 44.9 Å². The lowest BCUT2D eigenvalue weighted by molar-refractivity contribution is -0.158. The molecular weight excluding hydrogens is 281 g/mol. The molecule has 0 bridgehead atoms. The molecule has 2 N–H and O–H groups in total. The zero-order valence-electron chi connectivity index (χ0n) is 12.2. The van der Waals surface area contributed by atoms with Crippen molar-refractivity contribution < 1.29 is 18.0 Å². The summed E-state index contributed by atoms with van der Waals surface area (Å²) in [6.45, 7) is 3.76. The van der Waals surface area contributed by atoms with Crippen LogP contribution in [0.2, 0.25) is 0 Å². The molecule has 0 aliphatic carbocycles. The third-order valence-corrected chi connectivity index (χ3v) is 3.18. The minimum Gasteiger partial charge on any atom is -0.354 e. The van der Waals surface area contributed by atoms with Crippen LogP contribution in [0.15, 0.2) is 30.3 Å². The molecule has 0 heterocycles. The number of rotatable bonds is 7. The molecule has 3 nitrogen and oxygen atoms in total. The Balaban J connectivity index is 2.54. The first-order valence-electron chi connectivity index (χ1n) is 6.99. The second-order valence-corrected chi connectivity index (χ2v) is 4.97. The molecule has 118 valence electrons. The van der Waals surface area contributed by atoms with E-state index in [1.54, 1.807) is 18.2 Å². The predicted molar refractivity (Wildman–Crippen MR) is 75.8 cm³/mol. The van der Waals surface area contributed by atoms with Gasteiger partial charge in [0, 0.05) is 19.0 Å². The Hall–Kier alpha value is -1.56. The molecule has 1 aromatic rings. The highest BCUT2D eigenvalue weighted by molar-refractivity contribution is 5.76. The molecule has 0 spiro atoms. The largest absolute Gasteiger partial charge is 0.407 e. The van der Waals surface area contributed by atoms with Crippen LogP contribution >= 0.6 is 0 Å². The predicted octanol–water partition coefficient (Wildman–Crippen LogP) is 3.18. The number of halogens is 3. The number of carbonyl (C=O) groups excluding carboxylic acids is 1. The quantitative estimate of drug-likeness (QED) is 0.812. The van der Waals surface area contributed by atoms with Crippen molar-refractivity contribution in [1.29, 1.82) is 0 Å². The van der Waals surface area contributed by atoms with Crippen molar-refractivity contribution in [1.82, 2.24) is 10.6 Å². The number of nitrogens with one attached hydrogen (secondary N) is 2. The van der Waals surface area contributed by atoms with Gasteiger partial charge in [-0.05, 0) is 18.9 Å². The van der Waals surface area contributed by atoms with Gasteiger partial charge < -0.3 is 10.6 Å². The van der Waals surface area contributed by atoms with E-state index in [0.29, 0.717) is 0 Å². The average Bonchev–Trinajstić information content (AvgIpc) is 2.43. The summed E-state index contributed by atoms with van der Waals surface area (Å²) in [5, 5.41) is 5.13. The monoisotopic (exact) mass is 302 g/mol. The van der Waals surface area contributed by atoms with Gasteiger partial charge in [-0.15, -0.1) is 0 Å². The van der Waals surface area contributed by atoms with Crippen LogP contribution in [0.25, 0.3) is 0 Å². The molecule has 1 rings (SSSR count). The van der Waals surface area contributed by atoms with Gasteiger partial charge in [-0.1, -0.05) is 37.3 Å². The summed E-state index contributed by atoms with van der Waals surface area (Å²) in [5.41, 5.74) is 0.146. The van der Waals surface area contributed by atoms with Crippen molar-refractivity contribution in [2.24, 2.45) is 0 Å². The molecule has 0 aliphatic rings. The van der Waals surface area contributed by atoms with Crippen LogP contribution in [-0.2, 0) is 4.79 Å². The first kappa shape index (κ1) is 17.5. The van der Waals surface area contributed by atoms with Crippen molar-refractivity contribution in [3.63, 3.8) is 0 Å². The highest BCUT2D eigenvalue weighted by Gasteiger charge is 2.40. The van der Waals surface area contributed by atoms with Crippen molar-refractivity contribution in [3.8, 4) is 0 Å². The third kappa shape index (κ3) is 6.16. The van der Waals surface area contributed by atoms with Crippen LogP contribution in [0, 0.1) is 0 Å². The molecule has 1 amide bonds. The van der Waals surface area contributed by atoms with Crippen LogP contribution in [0.1, 0.15) is 38.3 Å². The second kappa shape index (κ2) is 8.02. The number of amides is 1. The van der Waals surface area contributed by atoms with E-state index >= 15 is 0 Å². The fraction of sp³-hybridized carbons (Fsp3) is 0.533. The SMILES string of the molecule is CCC(C)NC(=O)CCNC(c1ccccc1)C(F)(F)F. The maximum Gasteiger partial charge on any atom is 0.407 e. The number of hydrogen-bond acceptors (Lipinski definition) is 2. The second-order valence-electron chi connectivity index (χ2n) is 4.97. The van der Waals surface area contributed by atoms with E-state index in [9.17, 15) is 18.0 Å². The van der Waals surface area contributed by atoms with Crippen molar-refractivity contribution in [3.05, 3.63) is 35.9 Å². The lowest BCUT2D eigenvalue weighted by atomic mass is 10.1. The smallest absolute Gasteiger partial charge is 0.354 e. The lowest BCUT2D eigenvalue weighted by Crippen LogP contribution is -2.38. The first-order chi connectivity index (χ1) is 9.84. The molecule has 2 unspecified atom stereocenters. The minimum atomic E-state index is -4.39. The lowest BCUT2D eigenvalue weighted by Gasteiger charge is -2.22. The maximum atomic E-state index is 13.0. The van der Waals surface area contributed by atoms with Gasteiger partial charge in [-0.3, -0.25) is 4.79 Å². The van der Waals surface area contributed by atoms with E-state index in [4.69, 9.17) is 0 Å². The van der Waals surface area contributed by atoms with Gasteiger partial charge in [0.25, 0.3) is 0 Å². The Labute approximate surface area is 122 Å². The van der Waals surface area contributed by atoms with Gasteiger partial charge in [0.1, 0.15) is 6.04 Å². The topological polar surface area (TPSA) is 41.1 Å². The molecule has 21 heavy (non-hydrogen) atoms. The van der Waals surface area contributed by atoms with Crippen molar-refractivity contribution in [2.75, 3.05) is 6.54 Å². The van der Waals surface area contributed by atoms with Gasteiger partial charge in [0.15, 0.2) is 0 Å². The fourth-order valence-corrected chi connectivity index (χ4v) is 1.85. The van der Waals surface area contributed by atoms with Gasteiger partial charge in [-0.25, -0.2) is 0 Å². The fourth-order valence-electron chi connectivity index (χ4n) is 1.85. The van der Waals surface area contributed by atoms with E-state index in [-0.39, 0.29) is 30.5 Å². The third-order valence-electron chi connectivity index (χ3n) is 3.18. The molecule has 2 atom stereocenters. The van der Waals surface area contributed by atoms with E-state index < -0.39 is 12.2 Å². The molecule has 0 aliphatic heterocycles. The minimum absolute atomic E-state index is 0.0176. The standard InChI is InChI=1S/C15H21F3N2O/c1-3-11(2)20-13(21)9-10-19-14(15(16,17)18)12-7-5-4-6-8-12/h4-8,11,14,19H,3,9-10H2,1-2H3,(H,20,21). The Morgan fingerprint density at radius 2 is 1.86 bits per heavy atom. The summed E-state index contributed by atoms with van der Waals surface area (Å²) in [6.07, 6.45) is -3.59. The molecule has 1 aromatic carbocycles. The summed E-state index contributed by atoms with van der Waals surface area (Å²) in [4.78, 5) is 11.5. The van der Waals surface area contributed by atoms with Gasteiger partial charge in [0.2, 0.25) is 5.91 Å². The molecule has 0 aromatic heterocycles. The molecule has 0 saturated heterocycles. The molecule has 0 saturated carbocycles. The number of benzene rings is 1. The summed E-state index contributed by atoms with van der Waals surface area (Å²) in [6, 6.07) is 5.90. The zero-order chi connectivity index (χ0) is 15.9. The van der Waals surface area contributed by atoms with Crippen LogP contribution in [0.5, 0.6) is 0 Å².